The molecule has 1 unspecified atom stereocenters. The van der Waals surface area contributed by atoms with Crippen LogP contribution in [0.25, 0.3) is 66.3 Å². The second kappa shape index (κ2) is 15.9. The van der Waals surface area contributed by atoms with Crippen LogP contribution in [0.5, 0.6) is 0 Å². The summed E-state index contributed by atoms with van der Waals surface area (Å²) >= 11 is 0. The third-order valence-corrected chi connectivity index (χ3v) is 11.0. The molecule has 0 bridgehead atoms. The van der Waals surface area contributed by atoms with Gasteiger partial charge in [-0.25, -0.2) is 0 Å². The lowest BCUT2D eigenvalue weighted by molar-refractivity contribution is 0.649. The molecule has 0 saturated carbocycles. The molecule has 0 radical (unpaired) electrons. The number of aromatic nitrogens is 1. The molecule has 7 aromatic carbocycles. The van der Waals surface area contributed by atoms with E-state index in [9.17, 15) is 0 Å². The van der Waals surface area contributed by atoms with E-state index in [-0.39, 0.29) is 6.04 Å². The van der Waals surface area contributed by atoms with Crippen LogP contribution >= 0.6 is 0 Å². The lowest BCUT2D eigenvalue weighted by Gasteiger charge is -2.21. The maximum absolute atomic E-state index is 4.51. The summed E-state index contributed by atoms with van der Waals surface area (Å²) in [6.45, 7) is 6.54. The number of rotatable bonds is 10. The molecule has 57 heavy (non-hydrogen) atoms. The number of allylic oxidation sites excluding steroid dienone is 9. The Labute approximate surface area is 335 Å². The van der Waals surface area contributed by atoms with Crippen LogP contribution < -0.4 is 5.32 Å². The van der Waals surface area contributed by atoms with Crippen LogP contribution in [0.1, 0.15) is 30.5 Å². The van der Waals surface area contributed by atoms with E-state index >= 15 is 0 Å². The molecule has 1 aromatic heterocycles. The smallest absolute Gasteiger partial charge is 0.0560 e. The summed E-state index contributed by atoms with van der Waals surface area (Å²) in [7, 11) is 0. The zero-order valence-corrected chi connectivity index (χ0v) is 32.1. The number of hydrogen-bond acceptors (Lipinski definition) is 1. The van der Waals surface area contributed by atoms with Gasteiger partial charge in [0.15, 0.2) is 0 Å². The Bertz CT molecular complexity index is 2830. The van der Waals surface area contributed by atoms with Gasteiger partial charge < -0.3 is 9.88 Å². The number of para-hydroxylation sites is 1. The minimum atomic E-state index is 0.240. The van der Waals surface area contributed by atoms with Crippen molar-refractivity contribution in [3.8, 4) is 33.4 Å². The molecule has 0 fully saturated rings. The van der Waals surface area contributed by atoms with E-state index in [2.05, 4.69) is 217 Å². The first kappa shape index (κ1) is 35.5. The first-order valence-electron chi connectivity index (χ1n) is 19.8. The molecular weight excluding hydrogens is 689 g/mol. The molecule has 1 aliphatic carbocycles. The van der Waals surface area contributed by atoms with Crippen LogP contribution in [0.2, 0.25) is 0 Å². The highest BCUT2D eigenvalue weighted by molar-refractivity contribution is 6.09. The fourth-order valence-corrected chi connectivity index (χ4v) is 8.04. The highest BCUT2D eigenvalue weighted by atomic mass is 15.0. The van der Waals surface area contributed by atoms with Gasteiger partial charge in [-0.3, -0.25) is 0 Å². The number of anilines is 2. The van der Waals surface area contributed by atoms with Gasteiger partial charge in [0.05, 0.1) is 6.04 Å². The number of nitrogens with zero attached hydrogens (tertiary/aromatic N) is 1. The summed E-state index contributed by atoms with van der Waals surface area (Å²) in [5.74, 6) is 0. The van der Waals surface area contributed by atoms with Crippen LogP contribution in [0.3, 0.4) is 0 Å². The monoisotopic (exact) mass is 732 g/mol. The molecule has 274 valence electrons. The molecule has 9 rings (SSSR count). The largest absolute Gasteiger partial charge is 0.355 e. The molecule has 0 aliphatic heterocycles. The minimum absolute atomic E-state index is 0.240. The standard InChI is InChI=1S/C55H44N2/c1-3-4-7-14-39(2)51-37-46(29-35-53(51)56-48-31-25-44(26-32-48)43-23-21-42(22-24-43)40-15-8-5-9-16-40)47-30-36-55-52(38-47)50-19-12-13-20-54(50)57(55)49-33-27-45(28-34-49)41-17-10-6-11-18-41/h3-33,35-38,49,56H,2,34H2,1H3/b4-3-,14-7-. The molecule has 0 amide bonds. The summed E-state index contributed by atoms with van der Waals surface area (Å²) in [4.78, 5) is 0. The van der Waals surface area contributed by atoms with Crippen LogP contribution in [-0.2, 0) is 0 Å². The molecule has 0 spiro atoms. The Morgan fingerprint density at radius 1 is 0.579 bits per heavy atom. The van der Waals surface area contributed by atoms with Gasteiger partial charge >= 0.3 is 0 Å². The second-order valence-electron chi connectivity index (χ2n) is 14.6. The summed E-state index contributed by atoms with van der Waals surface area (Å²) in [6, 6.07) is 61.3. The normalized spacial score (nSPS) is 14.1. The Morgan fingerprint density at radius 2 is 1.16 bits per heavy atom. The number of nitrogens with one attached hydrogen (secondary N) is 1. The van der Waals surface area contributed by atoms with E-state index in [0.717, 1.165) is 34.5 Å². The Hall–Kier alpha value is -7.16. The zero-order valence-electron chi connectivity index (χ0n) is 32.1. The van der Waals surface area contributed by atoms with Crippen molar-refractivity contribution < 1.29 is 0 Å². The van der Waals surface area contributed by atoms with E-state index < -0.39 is 0 Å². The first-order valence-corrected chi connectivity index (χ1v) is 19.8. The van der Waals surface area contributed by atoms with Gasteiger partial charge in [0.1, 0.15) is 0 Å². The molecule has 1 aliphatic rings. The predicted octanol–water partition coefficient (Wildman–Crippen LogP) is 15.3. The highest BCUT2D eigenvalue weighted by Crippen LogP contribution is 2.39. The van der Waals surface area contributed by atoms with Crippen LogP contribution in [0, 0.1) is 0 Å². The second-order valence-corrected chi connectivity index (χ2v) is 14.6. The number of hydrogen-bond donors (Lipinski definition) is 1. The maximum Gasteiger partial charge on any atom is 0.0560 e. The molecule has 8 aromatic rings. The highest BCUT2D eigenvalue weighted by Gasteiger charge is 2.19. The van der Waals surface area contributed by atoms with Gasteiger partial charge in [-0.05, 0) is 106 Å². The van der Waals surface area contributed by atoms with Crippen molar-refractivity contribution in [3.63, 3.8) is 0 Å². The van der Waals surface area contributed by atoms with Crippen LogP contribution in [-0.4, -0.2) is 4.57 Å². The summed E-state index contributed by atoms with van der Waals surface area (Å²) in [6.07, 6.45) is 16.2. The quantitative estimate of drug-likeness (QED) is 0.139. The molecule has 1 atom stereocenters. The van der Waals surface area contributed by atoms with E-state index in [4.69, 9.17) is 0 Å². The molecule has 2 heteroatoms. The first-order chi connectivity index (χ1) is 28.1. The van der Waals surface area contributed by atoms with Crippen molar-refractivity contribution in [1.29, 1.82) is 0 Å². The fourth-order valence-electron chi connectivity index (χ4n) is 8.04. The van der Waals surface area contributed by atoms with Crippen LogP contribution in [0.4, 0.5) is 11.4 Å². The van der Waals surface area contributed by atoms with Gasteiger partial charge in [0, 0.05) is 38.7 Å². The average Bonchev–Trinajstić information content (AvgIpc) is 3.61. The molecular formula is C55H44N2. The van der Waals surface area contributed by atoms with Crippen molar-refractivity contribution in [3.05, 3.63) is 230 Å². The minimum Gasteiger partial charge on any atom is -0.355 e. The predicted molar refractivity (Wildman–Crippen MR) is 246 cm³/mol. The van der Waals surface area contributed by atoms with Crippen molar-refractivity contribution in [2.45, 2.75) is 19.4 Å². The molecule has 1 heterocycles. The number of fused-ring (bicyclic) bond motifs is 3. The number of benzene rings is 7. The lowest BCUT2D eigenvalue weighted by Crippen LogP contribution is -2.07. The lowest BCUT2D eigenvalue weighted by atomic mass is 9.96. The third-order valence-electron chi connectivity index (χ3n) is 11.0. The summed E-state index contributed by atoms with van der Waals surface area (Å²) < 4.78 is 2.51. The Balaban J connectivity index is 1.02. The van der Waals surface area contributed by atoms with Crippen LogP contribution in [0.15, 0.2) is 219 Å². The van der Waals surface area contributed by atoms with Gasteiger partial charge in [0.25, 0.3) is 0 Å². The van der Waals surface area contributed by atoms with E-state index in [0.29, 0.717) is 0 Å². The summed E-state index contributed by atoms with van der Waals surface area (Å²) in [5, 5.41) is 6.25. The van der Waals surface area contributed by atoms with Crippen molar-refractivity contribution in [2.24, 2.45) is 0 Å². The fraction of sp³-hybridized carbons (Fsp3) is 0.0545. The topological polar surface area (TPSA) is 17.0 Å². The molecule has 0 saturated heterocycles. The molecule has 1 N–H and O–H groups in total. The van der Waals surface area contributed by atoms with Crippen molar-refractivity contribution in [2.75, 3.05) is 5.32 Å². The van der Waals surface area contributed by atoms with Gasteiger partial charge in [0.2, 0.25) is 0 Å². The van der Waals surface area contributed by atoms with Gasteiger partial charge in [-0.2, -0.15) is 0 Å². The van der Waals surface area contributed by atoms with Gasteiger partial charge in [-0.1, -0.05) is 177 Å². The maximum atomic E-state index is 4.51. The third kappa shape index (κ3) is 7.34. The van der Waals surface area contributed by atoms with E-state index in [1.165, 1.54) is 60.8 Å². The van der Waals surface area contributed by atoms with E-state index in [1.807, 2.05) is 19.1 Å². The zero-order chi connectivity index (χ0) is 38.6. The van der Waals surface area contributed by atoms with Crippen molar-refractivity contribution >= 4 is 44.3 Å². The average molecular weight is 733 g/mol. The van der Waals surface area contributed by atoms with Crippen molar-refractivity contribution in [1.82, 2.24) is 4.57 Å². The molecule has 2 nitrogen and oxygen atoms in total. The Kier molecular flexibility index (Phi) is 9.91. The van der Waals surface area contributed by atoms with Gasteiger partial charge in [-0.15, -0.1) is 0 Å². The Morgan fingerprint density at radius 3 is 1.84 bits per heavy atom. The van der Waals surface area contributed by atoms with E-state index in [1.54, 1.807) is 0 Å². The SMILES string of the molecule is C=C(/C=C\C=C/C)c1cc(-c2ccc3c(c2)c2ccccc2n3C2C=CC(c3ccccc3)=CC2)ccc1Nc1ccc(-c2ccc(-c3ccccc3)cc2)cc1. The summed E-state index contributed by atoms with van der Waals surface area (Å²) in [5.41, 5.74) is 16.2.